The van der Waals surface area contributed by atoms with Crippen molar-refractivity contribution >= 4 is 68.4 Å². The number of rotatable bonds is 4. The van der Waals surface area contributed by atoms with Gasteiger partial charge in [0.15, 0.2) is 0 Å². The second-order valence-electron chi connectivity index (χ2n) is 22.6. The van der Waals surface area contributed by atoms with E-state index in [-0.39, 0.29) is 28.4 Å². The van der Waals surface area contributed by atoms with Gasteiger partial charge in [-0.3, -0.25) is 0 Å². The molecule has 3 heterocycles. The molecule has 0 saturated heterocycles. The Morgan fingerprint density at radius 1 is 0.523 bits per heavy atom. The Kier molecular flexibility index (Phi) is 9.16. The van der Waals surface area contributed by atoms with E-state index < -0.39 is 0 Å². The lowest BCUT2D eigenvalue weighted by atomic mass is 9.35. The van der Waals surface area contributed by atoms with Crippen LogP contribution in [-0.4, -0.2) is 6.71 Å². The number of anilines is 6. The predicted molar refractivity (Wildman–Crippen MR) is 279 cm³/mol. The van der Waals surface area contributed by atoms with Crippen LogP contribution in [0.1, 0.15) is 110 Å². The van der Waals surface area contributed by atoms with Crippen LogP contribution < -0.4 is 26.4 Å². The molecule has 65 heavy (non-hydrogen) atoms. The van der Waals surface area contributed by atoms with Crippen molar-refractivity contribution in [2.75, 3.05) is 9.80 Å². The van der Waals surface area contributed by atoms with Gasteiger partial charge in [0.05, 0.1) is 17.0 Å². The van der Waals surface area contributed by atoms with E-state index in [4.69, 9.17) is 4.42 Å². The van der Waals surface area contributed by atoms with Crippen LogP contribution in [0.4, 0.5) is 34.1 Å². The van der Waals surface area contributed by atoms with Gasteiger partial charge in [0.25, 0.3) is 6.71 Å². The number of benzene rings is 7. The molecule has 8 aromatic rings. The van der Waals surface area contributed by atoms with E-state index >= 15 is 0 Å². The molecule has 0 amide bonds. The molecular formula is C61H61BN2O. The topological polar surface area (TPSA) is 19.6 Å². The quantitative estimate of drug-likeness (QED) is 0.165. The third-order valence-electron chi connectivity index (χ3n) is 15.1. The molecule has 1 aromatic heterocycles. The van der Waals surface area contributed by atoms with Crippen LogP contribution in [0.15, 0.2) is 150 Å². The number of aryl methyl sites for hydroxylation is 1. The van der Waals surface area contributed by atoms with E-state index in [2.05, 4.69) is 232 Å². The molecule has 0 saturated carbocycles. The molecule has 0 atom stereocenters. The fourth-order valence-electron chi connectivity index (χ4n) is 11.2. The molecule has 7 aromatic carbocycles. The van der Waals surface area contributed by atoms with Gasteiger partial charge in [-0.05, 0) is 151 Å². The number of furan rings is 1. The molecule has 1 aliphatic carbocycles. The van der Waals surface area contributed by atoms with Crippen molar-refractivity contribution in [3.8, 4) is 22.3 Å². The van der Waals surface area contributed by atoms with E-state index in [0.717, 1.165) is 46.5 Å². The second-order valence-corrected chi connectivity index (χ2v) is 22.6. The van der Waals surface area contributed by atoms with Gasteiger partial charge in [0.1, 0.15) is 5.58 Å². The van der Waals surface area contributed by atoms with Crippen LogP contribution >= 0.6 is 0 Å². The molecule has 0 spiro atoms. The summed E-state index contributed by atoms with van der Waals surface area (Å²) in [7, 11) is 0. The van der Waals surface area contributed by atoms with Gasteiger partial charge < -0.3 is 14.2 Å². The summed E-state index contributed by atoms with van der Waals surface area (Å²) in [6, 6.07) is 55.1. The predicted octanol–water partition coefficient (Wildman–Crippen LogP) is 15.1. The van der Waals surface area contributed by atoms with E-state index in [1.165, 1.54) is 78.1 Å². The lowest BCUT2D eigenvalue weighted by Gasteiger charge is -2.46. The van der Waals surface area contributed by atoms with Crippen LogP contribution in [0.2, 0.25) is 0 Å². The third-order valence-corrected chi connectivity index (χ3v) is 15.1. The van der Waals surface area contributed by atoms with Crippen LogP contribution in [0.3, 0.4) is 0 Å². The van der Waals surface area contributed by atoms with Crippen LogP contribution in [0.25, 0.3) is 33.2 Å². The average molecular weight is 849 g/mol. The molecule has 0 unspecified atom stereocenters. The number of hydrogen-bond acceptors (Lipinski definition) is 3. The Morgan fingerprint density at radius 2 is 1.08 bits per heavy atom. The lowest BCUT2D eigenvalue weighted by molar-refractivity contribution is 0.332. The van der Waals surface area contributed by atoms with E-state index in [1.54, 1.807) is 0 Å². The standard InChI is InChI=1S/C61H61BN2O/c1-38-32-52-55-53(33-38)64(50-28-24-42(58(2,3)4)34-45(50)41-20-16-13-17-21-41)56-46-35-43(59(5,6)7)25-29-54(46)65-57(56)62(55)49-36-47-48(61(10,11)31-30-60(47,8)9)37-51(49)63(52)44-26-22-40(23-27-44)39-18-14-12-15-19-39/h12-29,32-37H,30-31H2,1-11H3. The van der Waals surface area contributed by atoms with Crippen molar-refractivity contribution < 1.29 is 4.42 Å². The van der Waals surface area contributed by atoms with Crippen molar-refractivity contribution in [1.82, 2.24) is 0 Å². The van der Waals surface area contributed by atoms with Gasteiger partial charge in [0.2, 0.25) is 0 Å². The fourth-order valence-corrected chi connectivity index (χ4v) is 11.2. The average Bonchev–Trinajstić information content (AvgIpc) is 3.66. The summed E-state index contributed by atoms with van der Waals surface area (Å²) in [5, 5.41) is 1.15. The molecule has 3 aliphatic rings. The van der Waals surface area contributed by atoms with Gasteiger partial charge in [-0.25, -0.2) is 0 Å². The highest BCUT2D eigenvalue weighted by Gasteiger charge is 2.49. The summed E-state index contributed by atoms with van der Waals surface area (Å²) in [5.41, 5.74) is 23.2. The van der Waals surface area contributed by atoms with Crippen molar-refractivity contribution in [3.63, 3.8) is 0 Å². The van der Waals surface area contributed by atoms with Crippen molar-refractivity contribution in [2.24, 2.45) is 0 Å². The van der Waals surface area contributed by atoms with Crippen molar-refractivity contribution in [1.29, 1.82) is 0 Å². The Balaban J connectivity index is 1.26. The second kappa shape index (κ2) is 14.4. The summed E-state index contributed by atoms with van der Waals surface area (Å²) in [6.07, 6.45) is 2.30. The number of fused-ring (bicyclic) bond motifs is 7. The normalized spacial score (nSPS) is 16.0. The molecule has 3 nitrogen and oxygen atoms in total. The summed E-state index contributed by atoms with van der Waals surface area (Å²) in [4.78, 5) is 5.16. The molecule has 4 heteroatoms. The zero-order valence-corrected chi connectivity index (χ0v) is 40.2. The summed E-state index contributed by atoms with van der Waals surface area (Å²) in [5.74, 6) is 0. The maximum atomic E-state index is 7.45. The maximum absolute atomic E-state index is 7.45. The molecular weight excluding hydrogens is 787 g/mol. The first-order chi connectivity index (χ1) is 30.9. The van der Waals surface area contributed by atoms with Crippen LogP contribution in [0, 0.1) is 6.92 Å². The van der Waals surface area contributed by atoms with E-state index in [9.17, 15) is 0 Å². The Hall–Kier alpha value is -6.26. The van der Waals surface area contributed by atoms with E-state index in [1.807, 2.05) is 0 Å². The van der Waals surface area contributed by atoms with Crippen molar-refractivity contribution in [2.45, 2.75) is 111 Å². The first-order valence-electron chi connectivity index (χ1n) is 23.8. The number of nitrogens with zero attached hydrogens (tertiary/aromatic N) is 2. The van der Waals surface area contributed by atoms with Gasteiger partial charge in [-0.2, -0.15) is 0 Å². The Morgan fingerprint density at radius 3 is 1.71 bits per heavy atom. The molecule has 0 radical (unpaired) electrons. The minimum absolute atomic E-state index is 0.0246. The van der Waals surface area contributed by atoms with Crippen LogP contribution in [0.5, 0.6) is 0 Å². The lowest BCUT2D eigenvalue weighted by Crippen LogP contribution is -2.61. The molecule has 0 bridgehead atoms. The van der Waals surface area contributed by atoms with Gasteiger partial charge in [-0.1, -0.05) is 160 Å². The summed E-state index contributed by atoms with van der Waals surface area (Å²) < 4.78 is 7.45. The molecule has 2 aliphatic heterocycles. The molecule has 11 rings (SSSR count). The summed E-state index contributed by atoms with van der Waals surface area (Å²) >= 11 is 0. The summed E-state index contributed by atoms with van der Waals surface area (Å²) in [6.45, 7) is 25.8. The van der Waals surface area contributed by atoms with E-state index in [0.29, 0.717) is 0 Å². The molecule has 0 N–H and O–H groups in total. The largest absolute Gasteiger partial charge is 0.468 e. The molecule has 324 valence electrons. The minimum atomic E-state index is -0.132. The number of hydrogen-bond donors (Lipinski definition) is 0. The Bertz CT molecular complexity index is 3180. The van der Waals surface area contributed by atoms with Gasteiger partial charge >= 0.3 is 0 Å². The SMILES string of the molecule is Cc1cc2c3c(c1)N(c1ccc(C(C)(C)C)cc1-c1ccccc1)c1c(oc4ccc(C(C)(C)C)cc14)B3c1cc3c(cc1N2c1ccc(-c2ccccc2)cc1)C(C)(C)CCC3(C)C. The first-order valence-corrected chi connectivity index (χ1v) is 23.8. The maximum Gasteiger partial charge on any atom is 0.297 e. The highest BCUT2D eigenvalue weighted by atomic mass is 16.3. The fraction of sp³-hybridized carbons (Fsp3) is 0.279. The van der Waals surface area contributed by atoms with Crippen molar-refractivity contribution in [3.05, 3.63) is 173 Å². The zero-order valence-electron chi connectivity index (χ0n) is 40.2. The highest BCUT2D eigenvalue weighted by Crippen LogP contribution is 2.53. The first kappa shape index (κ1) is 41.4. The van der Waals surface area contributed by atoms with Gasteiger partial charge in [-0.15, -0.1) is 0 Å². The third kappa shape index (κ3) is 6.61. The Labute approximate surface area is 387 Å². The van der Waals surface area contributed by atoms with Crippen LogP contribution in [-0.2, 0) is 21.7 Å². The monoisotopic (exact) mass is 848 g/mol. The smallest absolute Gasteiger partial charge is 0.297 e. The molecule has 0 fully saturated rings. The van der Waals surface area contributed by atoms with Gasteiger partial charge in [0, 0.05) is 33.7 Å². The highest BCUT2D eigenvalue weighted by molar-refractivity contribution is 7.00. The zero-order chi connectivity index (χ0) is 45.4. The minimum Gasteiger partial charge on any atom is -0.468 e.